The molecule has 0 aromatic carbocycles. The fraction of sp³-hybridized carbons (Fsp3) is 0.750. The maximum absolute atomic E-state index is 12.5. The summed E-state index contributed by atoms with van der Waals surface area (Å²) in [4.78, 5) is 12.5. The molecule has 0 aromatic rings. The Hall–Kier alpha value is -1.09. The van der Waals surface area contributed by atoms with E-state index in [1.807, 2.05) is 13.0 Å². The first-order chi connectivity index (χ1) is 10.7. The zero-order valence-electron chi connectivity index (χ0n) is 14.9. The van der Waals surface area contributed by atoms with Gasteiger partial charge in [0.1, 0.15) is 0 Å². The number of allylic oxidation sites excluding steroid dienone is 3. The molecule has 0 amide bonds. The molecule has 128 valence electrons. The van der Waals surface area contributed by atoms with Gasteiger partial charge in [-0.15, -0.1) is 0 Å². The van der Waals surface area contributed by atoms with Gasteiger partial charge in [0, 0.05) is 5.41 Å². The second-order valence-corrected chi connectivity index (χ2v) is 8.40. The summed E-state index contributed by atoms with van der Waals surface area (Å²) in [5.74, 6) is -0.267. The fourth-order valence-corrected chi connectivity index (χ4v) is 5.65. The van der Waals surface area contributed by atoms with E-state index in [2.05, 4.69) is 33.4 Å². The summed E-state index contributed by atoms with van der Waals surface area (Å²) < 4.78 is 6.07. The van der Waals surface area contributed by atoms with Crippen LogP contribution in [-0.4, -0.2) is 22.8 Å². The van der Waals surface area contributed by atoms with Crippen LogP contribution in [0.15, 0.2) is 24.3 Å². The lowest BCUT2D eigenvalue weighted by atomic mass is 9.44. The highest BCUT2D eigenvalue weighted by Gasteiger charge is 2.73. The van der Waals surface area contributed by atoms with Gasteiger partial charge in [0.25, 0.3) is 0 Å². The maximum atomic E-state index is 12.5. The molecule has 0 bridgehead atoms. The Kier molecular flexibility index (Phi) is 3.79. The van der Waals surface area contributed by atoms with Crippen LogP contribution in [0.1, 0.15) is 59.8 Å². The average Bonchev–Trinajstić information content (AvgIpc) is 3.19. The molecule has 3 heteroatoms. The van der Waals surface area contributed by atoms with Crippen molar-refractivity contribution in [2.75, 3.05) is 0 Å². The van der Waals surface area contributed by atoms with E-state index in [0.717, 1.165) is 31.3 Å². The van der Waals surface area contributed by atoms with Crippen molar-refractivity contribution in [3.05, 3.63) is 24.3 Å². The van der Waals surface area contributed by atoms with Gasteiger partial charge >= 0.3 is 5.97 Å². The highest BCUT2D eigenvalue weighted by atomic mass is 16.6. The summed E-state index contributed by atoms with van der Waals surface area (Å²) in [5, 5.41) is 10.3. The number of carboxylic acid groups (broad SMARTS) is 1. The predicted octanol–water partition coefficient (Wildman–Crippen LogP) is 4.58. The van der Waals surface area contributed by atoms with Crippen molar-refractivity contribution >= 4 is 5.97 Å². The van der Waals surface area contributed by atoms with Crippen LogP contribution in [0.3, 0.4) is 0 Å². The Morgan fingerprint density at radius 1 is 1.35 bits per heavy atom. The molecular formula is C20H30O3. The zero-order chi connectivity index (χ0) is 17.0. The SMILES string of the molecule is C=C/C(C)=C\C[C@]1(C(=O)O)[C@@H](C)CC[C@@]2(C)[C@H]1CC[C@@H]1O[C@@]12C. The van der Waals surface area contributed by atoms with Gasteiger partial charge in [-0.1, -0.05) is 38.2 Å². The molecule has 0 spiro atoms. The largest absolute Gasteiger partial charge is 0.481 e. The van der Waals surface area contributed by atoms with Crippen LogP contribution in [0.25, 0.3) is 0 Å². The number of rotatable bonds is 4. The van der Waals surface area contributed by atoms with Crippen LogP contribution < -0.4 is 0 Å². The van der Waals surface area contributed by atoms with Crippen molar-refractivity contribution in [1.82, 2.24) is 0 Å². The summed E-state index contributed by atoms with van der Waals surface area (Å²) in [6, 6.07) is 0. The molecule has 6 atom stereocenters. The highest BCUT2D eigenvalue weighted by Crippen LogP contribution is 2.70. The van der Waals surface area contributed by atoms with Crippen LogP contribution in [-0.2, 0) is 9.53 Å². The van der Waals surface area contributed by atoms with Crippen molar-refractivity contribution in [3.8, 4) is 0 Å². The van der Waals surface area contributed by atoms with Gasteiger partial charge in [-0.05, 0) is 57.8 Å². The first-order valence-corrected chi connectivity index (χ1v) is 8.93. The molecule has 23 heavy (non-hydrogen) atoms. The van der Waals surface area contributed by atoms with E-state index in [0.29, 0.717) is 12.5 Å². The van der Waals surface area contributed by atoms with E-state index >= 15 is 0 Å². The number of ether oxygens (including phenoxy) is 1. The number of carboxylic acids is 1. The molecule has 3 nitrogen and oxygen atoms in total. The third-order valence-corrected chi connectivity index (χ3v) is 7.64. The Balaban J connectivity index is 2.05. The fourth-order valence-electron chi connectivity index (χ4n) is 5.65. The Labute approximate surface area is 139 Å². The second-order valence-electron chi connectivity index (χ2n) is 8.40. The average molecular weight is 318 g/mol. The van der Waals surface area contributed by atoms with Crippen molar-refractivity contribution < 1.29 is 14.6 Å². The molecular weight excluding hydrogens is 288 g/mol. The number of epoxide rings is 1. The lowest BCUT2D eigenvalue weighted by Gasteiger charge is -2.58. The number of fused-ring (bicyclic) bond motifs is 3. The summed E-state index contributed by atoms with van der Waals surface area (Å²) in [5.41, 5.74) is 0.231. The van der Waals surface area contributed by atoms with Crippen molar-refractivity contribution in [1.29, 1.82) is 0 Å². The third kappa shape index (κ3) is 2.08. The highest BCUT2D eigenvalue weighted by molar-refractivity contribution is 5.76. The quantitative estimate of drug-likeness (QED) is 0.609. The molecule has 0 aromatic heterocycles. The molecule has 2 aliphatic carbocycles. The van der Waals surface area contributed by atoms with Crippen molar-refractivity contribution in [3.63, 3.8) is 0 Å². The van der Waals surface area contributed by atoms with Gasteiger partial charge in [-0.2, -0.15) is 0 Å². The van der Waals surface area contributed by atoms with E-state index in [9.17, 15) is 9.90 Å². The minimum Gasteiger partial charge on any atom is -0.481 e. The van der Waals surface area contributed by atoms with Crippen molar-refractivity contribution in [2.24, 2.45) is 22.7 Å². The smallest absolute Gasteiger partial charge is 0.310 e. The van der Waals surface area contributed by atoms with Crippen LogP contribution >= 0.6 is 0 Å². The Bertz CT molecular complexity index is 565. The van der Waals surface area contributed by atoms with Gasteiger partial charge in [-0.25, -0.2) is 0 Å². The molecule has 1 N–H and O–H groups in total. The van der Waals surface area contributed by atoms with Gasteiger partial charge in [-0.3, -0.25) is 4.79 Å². The molecule has 1 heterocycles. The van der Waals surface area contributed by atoms with Crippen LogP contribution in [0.4, 0.5) is 0 Å². The number of hydrogen-bond donors (Lipinski definition) is 1. The zero-order valence-corrected chi connectivity index (χ0v) is 14.9. The third-order valence-electron chi connectivity index (χ3n) is 7.64. The Morgan fingerprint density at radius 3 is 2.65 bits per heavy atom. The standard InChI is InChI=1S/C20H30O3/c1-6-13(2)9-12-20(17(21)22)14(3)10-11-18(4)15(20)7-8-16-19(18,5)23-16/h6,9,14-16H,1,7-8,10-12H2,2-5H3,(H,21,22)/b13-9-/t14-,15+,16-,18-,19-,20-/m0/s1. The molecule has 3 fully saturated rings. The lowest BCUT2D eigenvalue weighted by Crippen LogP contribution is -2.59. The van der Waals surface area contributed by atoms with Crippen LogP contribution in [0, 0.1) is 22.7 Å². The van der Waals surface area contributed by atoms with E-state index in [4.69, 9.17) is 4.74 Å². The first-order valence-electron chi connectivity index (χ1n) is 8.93. The van der Waals surface area contributed by atoms with Gasteiger partial charge in [0.2, 0.25) is 0 Å². The molecule has 2 saturated carbocycles. The predicted molar refractivity (Wildman–Crippen MR) is 91.1 cm³/mol. The second kappa shape index (κ2) is 5.20. The topological polar surface area (TPSA) is 49.8 Å². The van der Waals surface area contributed by atoms with Crippen LogP contribution in [0.5, 0.6) is 0 Å². The molecule has 1 saturated heterocycles. The molecule has 3 aliphatic rings. The number of carbonyl (C=O) groups is 1. The normalized spacial score (nSPS) is 49.0. The van der Waals surface area contributed by atoms with E-state index in [1.54, 1.807) is 0 Å². The minimum absolute atomic E-state index is 0.0310. The van der Waals surface area contributed by atoms with E-state index < -0.39 is 11.4 Å². The molecule has 1 aliphatic heterocycles. The summed E-state index contributed by atoms with van der Waals surface area (Å²) in [6.45, 7) is 12.4. The Morgan fingerprint density at radius 2 is 2.04 bits per heavy atom. The van der Waals surface area contributed by atoms with Gasteiger partial charge in [0.15, 0.2) is 0 Å². The van der Waals surface area contributed by atoms with Gasteiger partial charge in [0.05, 0.1) is 17.1 Å². The van der Waals surface area contributed by atoms with Gasteiger partial charge < -0.3 is 9.84 Å². The maximum Gasteiger partial charge on any atom is 0.310 e. The monoisotopic (exact) mass is 318 g/mol. The first kappa shape index (κ1) is 16.8. The number of aliphatic carboxylic acids is 1. The van der Waals surface area contributed by atoms with Crippen molar-refractivity contribution in [2.45, 2.75) is 71.5 Å². The summed E-state index contributed by atoms with van der Waals surface area (Å²) >= 11 is 0. The molecule has 0 unspecified atom stereocenters. The van der Waals surface area contributed by atoms with E-state index in [1.165, 1.54) is 0 Å². The lowest BCUT2D eigenvalue weighted by molar-refractivity contribution is -0.175. The summed E-state index contributed by atoms with van der Waals surface area (Å²) in [7, 11) is 0. The minimum atomic E-state index is -0.683. The van der Waals surface area contributed by atoms with E-state index in [-0.39, 0.29) is 22.9 Å². The molecule has 3 rings (SSSR count). The molecule has 0 radical (unpaired) electrons. The number of hydrogen-bond acceptors (Lipinski definition) is 2. The van der Waals surface area contributed by atoms with Crippen LogP contribution in [0.2, 0.25) is 0 Å². The summed E-state index contributed by atoms with van der Waals surface area (Å²) in [6.07, 6.45) is 8.83.